The Morgan fingerprint density at radius 1 is 1.04 bits per heavy atom. The summed E-state index contributed by atoms with van der Waals surface area (Å²) in [5.74, 6) is -0.727. The lowest BCUT2D eigenvalue weighted by molar-refractivity contribution is -0.139. The number of ether oxygens (including phenoxy) is 1. The van der Waals surface area contributed by atoms with Crippen LogP contribution in [0.4, 0.5) is 0 Å². The van der Waals surface area contributed by atoms with Crippen molar-refractivity contribution in [2.24, 2.45) is 0 Å². The van der Waals surface area contributed by atoms with Crippen LogP contribution in [0.15, 0.2) is 34.1 Å². The van der Waals surface area contributed by atoms with Crippen LogP contribution < -0.4 is 4.72 Å². The summed E-state index contributed by atoms with van der Waals surface area (Å²) in [7, 11) is -6.43. The second kappa shape index (κ2) is 7.86. The van der Waals surface area contributed by atoms with E-state index in [2.05, 4.69) is 9.46 Å². The number of nitrogens with one attached hydrogen (secondary N) is 1. The fraction of sp³-hybridized carbons (Fsp3) is 0.462. The number of carbonyl (C=O) groups is 1. The molecule has 0 radical (unpaired) electrons. The molecule has 0 amide bonds. The van der Waals surface area contributed by atoms with E-state index in [1.165, 1.54) is 28.6 Å². The quantitative estimate of drug-likeness (QED) is 0.659. The Kier molecular flexibility index (Phi) is 6.69. The fourth-order valence-corrected chi connectivity index (χ4v) is 4.24. The van der Waals surface area contributed by atoms with E-state index in [9.17, 15) is 21.6 Å². The molecule has 0 aromatic heterocycles. The maximum absolute atomic E-state index is 12.3. The Labute approximate surface area is 136 Å². The van der Waals surface area contributed by atoms with Crippen molar-refractivity contribution >= 4 is 26.0 Å². The molecule has 8 nitrogen and oxygen atoms in total. The summed E-state index contributed by atoms with van der Waals surface area (Å²) >= 11 is 0. The Hall–Kier alpha value is -1.49. The average molecular weight is 364 g/mol. The zero-order valence-corrected chi connectivity index (χ0v) is 14.8. The van der Waals surface area contributed by atoms with Gasteiger partial charge >= 0.3 is 5.97 Å². The van der Waals surface area contributed by atoms with E-state index in [0.717, 1.165) is 7.11 Å². The first-order valence-electron chi connectivity index (χ1n) is 6.85. The van der Waals surface area contributed by atoms with Crippen molar-refractivity contribution in [3.63, 3.8) is 0 Å². The highest BCUT2D eigenvalue weighted by atomic mass is 32.2. The van der Waals surface area contributed by atoms with Crippen LogP contribution in [0.1, 0.15) is 13.8 Å². The molecule has 0 unspecified atom stereocenters. The SMILES string of the molecule is CCN(CC)S(=O)(=O)c1ccc(S(=O)(=O)NCC(=O)OC)cc1. The molecule has 1 aromatic rings. The minimum atomic E-state index is -3.92. The van der Waals surface area contributed by atoms with Crippen LogP contribution in [0, 0.1) is 0 Å². The van der Waals surface area contributed by atoms with E-state index >= 15 is 0 Å². The molecule has 0 fully saturated rings. The van der Waals surface area contributed by atoms with Gasteiger partial charge < -0.3 is 4.74 Å². The normalized spacial score (nSPS) is 12.3. The molecular weight excluding hydrogens is 344 g/mol. The Morgan fingerprint density at radius 3 is 1.96 bits per heavy atom. The lowest BCUT2D eigenvalue weighted by Gasteiger charge is -2.18. The number of benzene rings is 1. The average Bonchev–Trinajstić information content (AvgIpc) is 2.53. The van der Waals surface area contributed by atoms with Crippen LogP contribution in [-0.2, 0) is 29.6 Å². The van der Waals surface area contributed by atoms with Gasteiger partial charge in [0, 0.05) is 13.1 Å². The van der Waals surface area contributed by atoms with Gasteiger partial charge in [-0.25, -0.2) is 16.8 Å². The van der Waals surface area contributed by atoms with Gasteiger partial charge in [-0.1, -0.05) is 13.8 Å². The summed E-state index contributed by atoms with van der Waals surface area (Å²) in [5, 5.41) is 0. The second-order valence-corrected chi connectivity index (χ2v) is 8.17. The first-order chi connectivity index (χ1) is 10.7. The molecule has 0 bridgehead atoms. The van der Waals surface area contributed by atoms with Gasteiger partial charge in [0.15, 0.2) is 0 Å². The first kappa shape index (κ1) is 19.6. The number of rotatable bonds is 8. The molecule has 1 aromatic carbocycles. The van der Waals surface area contributed by atoms with Crippen molar-refractivity contribution in [1.82, 2.24) is 9.03 Å². The van der Waals surface area contributed by atoms with Crippen LogP contribution >= 0.6 is 0 Å². The van der Waals surface area contributed by atoms with Crippen LogP contribution in [0.3, 0.4) is 0 Å². The zero-order valence-electron chi connectivity index (χ0n) is 13.1. The number of esters is 1. The highest BCUT2D eigenvalue weighted by Gasteiger charge is 2.23. The smallest absolute Gasteiger partial charge is 0.320 e. The second-order valence-electron chi connectivity index (χ2n) is 4.46. The molecule has 23 heavy (non-hydrogen) atoms. The number of hydrogen-bond acceptors (Lipinski definition) is 6. The maximum Gasteiger partial charge on any atom is 0.320 e. The van der Waals surface area contributed by atoms with Crippen molar-refractivity contribution in [1.29, 1.82) is 0 Å². The third kappa shape index (κ3) is 4.74. The molecular formula is C13H20N2O6S2. The lowest BCUT2D eigenvalue weighted by atomic mass is 10.4. The van der Waals surface area contributed by atoms with Crippen LogP contribution in [0.5, 0.6) is 0 Å². The first-order valence-corrected chi connectivity index (χ1v) is 9.78. The van der Waals surface area contributed by atoms with Gasteiger partial charge in [0.2, 0.25) is 20.0 Å². The van der Waals surface area contributed by atoms with Gasteiger partial charge in [-0.2, -0.15) is 9.03 Å². The van der Waals surface area contributed by atoms with Crippen LogP contribution in [-0.4, -0.2) is 53.9 Å². The predicted octanol–water partition coefficient (Wildman–Crippen LogP) is 0.168. The minimum absolute atomic E-state index is 0.00752. The Balaban J connectivity index is 3.02. The van der Waals surface area contributed by atoms with Crippen molar-refractivity contribution in [2.45, 2.75) is 23.6 Å². The molecule has 0 spiro atoms. The fourth-order valence-electron chi connectivity index (χ4n) is 1.81. The van der Waals surface area contributed by atoms with Gasteiger partial charge in [-0.05, 0) is 24.3 Å². The summed E-state index contributed by atoms with van der Waals surface area (Å²) in [6.07, 6.45) is 0. The van der Waals surface area contributed by atoms with Crippen LogP contribution in [0.2, 0.25) is 0 Å². The molecule has 10 heteroatoms. The van der Waals surface area contributed by atoms with Crippen molar-refractivity contribution < 1.29 is 26.4 Å². The molecule has 130 valence electrons. The number of methoxy groups -OCH3 is 1. The van der Waals surface area contributed by atoms with Gasteiger partial charge in [0.25, 0.3) is 0 Å². The third-order valence-electron chi connectivity index (χ3n) is 3.11. The molecule has 0 aliphatic rings. The summed E-state index contributed by atoms with van der Waals surface area (Å²) in [6.45, 7) is 3.57. The van der Waals surface area contributed by atoms with Gasteiger partial charge in [-0.15, -0.1) is 0 Å². The lowest BCUT2D eigenvalue weighted by Crippen LogP contribution is -2.31. The standard InChI is InChI=1S/C13H20N2O6S2/c1-4-15(5-2)23(19,20)12-8-6-11(7-9-12)22(17,18)14-10-13(16)21-3/h6-9,14H,4-5,10H2,1-3H3. The van der Waals surface area contributed by atoms with Gasteiger partial charge in [0.05, 0.1) is 16.9 Å². The highest BCUT2D eigenvalue weighted by molar-refractivity contribution is 7.89. The summed E-state index contributed by atoms with van der Waals surface area (Å²) in [4.78, 5) is 10.9. The van der Waals surface area contributed by atoms with E-state index < -0.39 is 32.6 Å². The summed E-state index contributed by atoms with van der Waals surface area (Å²) < 4.78 is 56.3. The molecule has 0 saturated carbocycles. The van der Waals surface area contributed by atoms with Crippen molar-refractivity contribution in [2.75, 3.05) is 26.7 Å². The summed E-state index contributed by atoms with van der Waals surface area (Å²) in [6, 6.07) is 4.80. The predicted molar refractivity (Wildman–Crippen MR) is 83.8 cm³/mol. The molecule has 0 atom stereocenters. The highest BCUT2D eigenvalue weighted by Crippen LogP contribution is 2.18. The van der Waals surface area contributed by atoms with Gasteiger partial charge in [-0.3, -0.25) is 4.79 Å². The van der Waals surface area contributed by atoms with E-state index in [4.69, 9.17) is 0 Å². The third-order valence-corrected chi connectivity index (χ3v) is 6.59. The molecule has 1 N–H and O–H groups in total. The summed E-state index contributed by atoms with van der Waals surface area (Å²) in [5.41, 5.74) is 0. The zero-order chi connectivity index (χ0) is 17.7. The number of carbonyl (C=O) groups excluding carboxylic acids is 1. The molecule has 1 rings (SSSR count). The van der Waals surface area contributed by atoms with E-state index in [1.807, 2.05) is 0 Å². The van der Waals surface area contributed by atoms with E-state index in [0.29, 0.717) is 13.1 Å². The molecule has 0 aliphatic heterocycles. The topological polar surface area (TPSA) is 110 Å². The van der Waals surface area contributed by atoms with E-state index in [1.54, 1.807) is 13.8 Å². The van der Waals surface area contributed by atoms with E-state index in [-0.39, 0.29) is 9.79 Å². The number of hydrogen-bond donors (Lipinski definition) is 1. The van der Waals surface area contributed by atoms with Crippen molar-refractivity contribution in [3.8, 4) is 0 Å². The Morgan fingerprint density at radius 2 is 1.52 bits per heavy atom. The number of nitrogens with zero attached hydrogens (tertiary/aromatic N) is 1. The number of sulfonamides is 2. The largest absolute Gasteiger partial charge is 0.468 e. The van der Waals surface area contributed by atoms with Crippen LogP contribution in [0.25, 0.3) is 0 Å². The molecule has 0 heterocycles. The molecule has 0 aliphatic carbocycles. The van der Waals surface area contributed by atoms with Gasteiger partial charge in [0.1, 0.15) is 6.54 Å². The van der Waals surface area contributed by atoms with Crippen molar-refractivity contribution in [3.05, 3.63) is 24.3 Å². The minimum Gasteiger partial charge on any atom is -0.468 e. The molecule has 0 saturated heterocycles. The Bertz CT molecular complexity index is 737. The maximum atomic E-state index is 12.3. The monoisotopic (exact) mass is 364 g/mol.